The van der Waals surface area contributed by atoms with Crippen molar-refractivity contribution < 1.29 is 18.7 Å². The first-order valence-electron chi connectivity index (χ1n) is 2.46. The molecule has 7 heteroatoms. The number of hydrogen-bond donors (Lipinski definition) is 1. The van der Waals surface area contributed by atoms with Gasteiger partial charge in [-0.15, -0.1) is 5.10 Å². The smallest absolute Gasteiger partial charge is 0.349 e. The van der Waals surface area contributed by atoms with Crippen LogP contribution in [0.15, 0.2) is 0 Å². The summed E-state index contributed by atoms with van der Waals surface area (Å²) in [7, 11) is 0. The van der Waals surface area contributed by atoms with E-state index < -0.39 is 23.0 Å². The Labute approximate surface area is 63.6 Å². The van der Waals surface area contributed by atoms with Gasteiger partial charge in [0.15, 0.2) is 10.6 Å². The monoisotopic (exact) mass is 180 g/mol. The normalized spacial score (nSPS) is 10.5. The van der Waals surface area contributed by atoms with Gasteiger partial charge in [0, 0.05) is 0 Å². The van der Waals surface area contributed by atoms with E-state index in [-0.39, 0.29) is 0 Å². The van der Waals surface area contributed by atoms with Crippen molar-refractivity contribution in [1.82, 2.24) is 9.59 Å². The first-order valence-corrected chi connectivity index (χ1v) is 3.24. The SMILES string of the molecule is O=C(O)c1snnc1C(F)F. The van der Waals surface area contributed by atoms with Crippen molar-refractivity contribution in [2.45, 2.75) is 6.43 Å². The van der Waals surface area contributed by atoms with Crippen molar-refractivity contribution in [2.75, 3.05) is 0 Å². The lowest BCUT2D eigenvalue weighted by Crippen LogP contribution is -1.98. The molecular weight excluding hydrogens is 178 g/mol. The molecule has 0 unspecified atom stereocenters. The second kappa shape index (κ2) is 2.87. The molecule has 11 heavy (non-hydrogen) atoms. The van der Waals surface area contributed by atoms with E-state index in [1.807, 2.05) is 0 Å². The number of carboxylic acids is 1. The first-order chi connectivity index (χ1) is 5.13. The highest BCUT2D eigenvalue weighted by molar-refractivity contribution is 7.07. The van der Waals surface area contributed by atoms with Crippen molar-refractivity contribution in [1.29, 1.82) is 0 Å². The number of alkyl halides is 2. The average molecular weight is 180 g/mol. The largest absolute Gasteiger partial charge is 0.477 e. The summed E-state index contributed by atoms with van der Waals surface area (Å²) in [6, 6.07) is 0. The van der Waals surface area contributed by atoms with Gasteiger partial charge >= 0.3 is 5.97 Å². The van der Waals surface area contributed by atoms with E-state index in [0.29, 0.717) is 11.5 Å². The maximum atomic E-state index is 11.9. The first kappa shape index (κ1) is 7.99. The minimum absolute atomic E-state index is 0.445. The molecular formula is C4H2F2N2O2S. The summed E-state index contributed by atoms with van der Waals surface area (Å²) in [4.78, 5) is 9.68. The molecule has 1 aromatic heterocycles. The zero-order valence-electron chi connectivity index (χ0n) is 4.99. The molecule has 60 valence electrons. The quantitative estimate of drug-likeness (QED) is 0.742. The Morgan fingerprint density at radius 3 is 2.64 bits per heavy atom. The standard InChI is InChI=1S/C4H2F2N2O2S/c5-3(6)1-2(4(9)10)11-8-7-1/h3H,(H,9,10). The van der Waals surface area contributed by atoms with E-state index in [4.69, 9.17) is 5.11 Å². The van der Waals surface area contributed by atoms with E-state index in [1.165, 1.54) is 0 Å². The van der Waals surface area contributed by atoms with Crippen LogP contribution in [0.4, 0.5) is 8.78 Å². The molecule has 0 atom stereocenters. The number of carbonyl (C=O) groups is 1. The summed E-state index contributed by atoms with van der Waals surface area (Å²) in [6.07, 6.45) is -2.88. The van der Waals surface area contributed by atoms with Crippen LogP contribution in [0.5, 0.6) is 0 Å². The third-order valence-electron chi connectivity index (χ3n) is 0.914. The van der Waals surface area contributed by atoms with Gasteiger partial charge in [-0.3, -0.25) is 0 Å². The highest BCUT2D eigenvalue weighted by Gasteiger charge is 2.22. The Kier molecular flexibility index (Phi) is 2.08. The van der Waals surface area contributed by atoms with Crippen LogP contribution in [0.2, 0.25) is 0 Å². The number of halogens is 2. The van der Waals surface area contributed by atoms with E-state index in [9.17, 15) is 13.6 Å². The van der Waals surface area contributed by atoms with E-state index >= 15 is 0 Å². The number of rotatable bonds is 2. The predicted molar refractivity (Wildman–Crippen MR) is 31.8 cm³/mol. The molecule has 0 bridgehead atoms. The highest BCUT2D eigenvalue weighted by atomic mass is 32.1. The summed E-state index contributed by atoms with van der Waals surface area (Å²) in [5, 5.41) is 11.3. The number of aromatic carboxylic acids is 1. The van der Waals surface area contributed by atoms with Crippen LogP contribution in [-0.4, -0.2) is 20.7 Å². The van der Waals surface area contributed by atoms with Gasteiger partial charge in [-0.25, -0.2) is 13.6 Å². The number of hydrogen-bond acceptors (Lipinski definition) is 4. The Morgan fingerprint density at radius 2 is 2.27 bits per heavy atom. The third kappa shape index (κ3) is 1.48. The number of carboxylic acid groups (broad SMARTS) is 1. The zero-order valence-corrected chi connectivity index (χ0v) is 5.81. The Morgan fingerprint density at radius 1 is 1.64 bits per heavy atom. The molecule has 0 fully saturated rings. The van der Waals surface area contributed by atoms with Gasteiger partial charge in [0.25, 0.3) is 6.43 Å². The molecule has 0 aliphatic heterocycles. The average Bonchev–Trinajstić information content (AvgIpc) is 2.32. The summed E-state index contributed by atoms with van der Waals surface area (Å²) in [5.74, 6) is -1.42. The van der Waals surface area contributed by atoms with Crippen LogP contribution >= 0.6 is 11.5 Å². The summed E-state index contributed by atoms with van der Waals surface area (Å²) in [5.41, 5.74) is -0.762. The van der Waals surface area contributed by atoms with Gasteiger partial charge < -0.3 is 5.11 Å². The lowest BCUT2D eigenvalue weighted by Gasteiger charge is -1.91. The lowest BCUT2D eigenvalue weighted by atomic mass is 10.4. The Hall–Kier alpha value is -1.11. The molecule has 0 saturated heterocycles. The van der Waals surface area contributed by atoms with Crippen molar-refractivity contribution >= 4 is 17.5 Å². The Balaban J connectivity index is 3.06. The molecule has 1 N–H and O–H groups in total. The highest BCUT2D eigenvalue weighted by Crippen LogP contribution is 2.22. The molecule has 0 aliphatic carbocycles. The van der Waals surface area contributed by atoms with Crippen LogP contribution < -0.4 is 0 Å². The van der Waals surface area contributed by atoms with Gasteiger partial charge in [0.05, 0.1) is 0 Å². The summed E-state index contributed by atoms with van der Waals surface area (Å²) >= 11 is 0.445. The van der Waals surface area contributed by atoms with Gasteiger partial charge in [-0.05, 0) is 11.5 Å². The van der Waals surface area contributed by atoms with Gasteiger partial charge in [-0.2, -0.15) is 0 Å². The summed E-state index contributed by atoms with van der Waals surface area (Å²) < 4.78 is 26.8. The number of aromatic nitrogens is 2. The van der Waals surface area contributed by atoms with Gasteiger partial charge in [-0.1, -0.05) is 4.49 Å². The lowest BCUT2D eigenvalue weighted by molar-refractivity contribution is 0.0689. The molecule has 4 nitrogen and oxygen atoms in total. The van der Waals surface area contributed by atoms with Crippen molar-refractivity contribution in [2.24, 2.45) is 0 Å². The predicted octanol–water partition coefficient (Wildman–Crippen LogP) is 1.17. The fraction of sp³-hybridized carbons (Fsp3) is 0.250. The van der Waals surface area contributed by atoms with E-state index in [0.717, 1.165) is 0 Å². The van der Waals surface area contributed by atoms with Crippen LogP contribution in [0, 0.1) is 0 Å². The molecule has 0 amide bonds. The fourth-order valence-corrected chi connectivity index (χ4v) is 1.00. The van der Waals surface area contributed by atoms with Crippen LogP contribution in [0.1, 0.15) is 21.8 Å². The van der Waals surface area contributed by atoms with Gasteiger partial charge in [0.2, 0.25) is 0 Å². The van der Waals surface area contributed by atoms with Crippen LogP contribution in [0.25, 0.3) is 0 Å². The van der Waals surface area contributed by atoms with Crippen molar-refractivity contribution in [3.05, 3.63) is 10.6 Å². The second-order valence-electron chi connectivity index (χ2n) is 1.59. The van der Waals surface area contributed by atoms with Gasteiger partial charge in [0.1, 0.15) is 0 Å². The molecule has 0 spiro atoms. The van der Waals surface area contributed by atoms with Crippen LogP contribution in [-0.2, 0) is 0 Å². The minimum Gasteiger partial charge on any atom is -0.477 e. The zero-order chi connectivity index (χ0) is 8.43. The van der Waals surface area contributed by atoms with Crippen molar-refractivity contribution in [3.8, 4) is 0 Å². The number of nitrogens with zero attached hydrogens (tertiary/aromatic N) is 2. The molecule has 1 rings (SSSR count). The molecule has 0 aromatic carbocycles. The summed E-state index contributed by atoms with van der Waals surface area (Å²) in [6.45, 7) is 0. The maximum absolute atomic E-state index is 11.9. The topological polar surface area (TPSA) is 63.1 Å². The minimum atomic E-state index is -2.88. The molecule has 1 aromatic rings. The molecule has 0 aliphatic rings. The second-order valence-corrected chi connectivity index (χ2v) is 2.35. The van der Waals surface area contributed by atoms with Crippen molar-refractivity contribution in [3.63, 3.8) is 0 Å². The molecule has 1 heterocycles. The van der Waals surface area contributed by atoms with E-state index in [2.05, 4.69) is 9.59 Å². The van der Waals surface area contributed by atoms with Crippen LogP contribution in [0.3, 0.4) is 0 Å². The maximum Gasteiger partial charge on any atom is 0.349 e. The molecule has 0 radical (unpaired) electrons. The fourth-order valence-electron chi connectivity index (χ4n) is 0.489. The Bertz CT molecular complexity index is 275. The molecule has 0 saturated carbocycles. The third-order valence-corrected chi connectivity index (χ3v) is 1.64. The van der Waals surface area contributed by atoms with E-state index in [1.54, 1.807) is 0 Å².